The predicted molar refractivity (Wildman–Crippen MR) is 83.2 cm³/mol. The highest BCUT2D eigenvalue weighted by molar-refractivity contribution is 6.35. The minimum absolute atomic E-state index is 0.428. The van der Waals surface area contributed by atoms with E-state index >= 15 is 0 Å². The number of fused-ring (bicyclic) bond motifs is 1. The van der Waals surface area contributed by atoms with Gasteiger partial charge in [0.1, 0.15) is 5.82 Å². The number of ether oxygens (including phenoxy) is 1. The van der Waals surface area contributed by atoms with E-state index in [1.54, 1.807) is 18.2 Å². The number of benzene rings is 1. The molecule has 9 heteroatoms. The van der Waals surface area contributed by atoms with Crippen LogP contribution in [-0.4, -0.2) is 38.4 Å². The zero-order valence-corrected chi connectivity index (χ0v) is 12.9. The lowest BCUT2D eigenvalue weighted by Gasteiger charge is -2.08. The number of hydrogen-bond acceptors (Lipinski definition) is 6. The molecule has 0 amide bonds. The molecule has 0 fully saturated rings. The van der Waals surface area contributed by atoms with Gasteiger partial charge in [0.05, 0.1) is 13.2 Å². The summed E-state index contributed by atoms with van der Waals surface area (Å²) in [6.07, 6.45) is 0. The molecule has 0 bridgehead atoms. The second kappa shape index (κ2) is 6.87. The molecule has 0 unspecified atom stereocenters. The molecule has 0 aliphatic rings. The molecule has 0 saturated carbocycles. The minimum Gasteiger partial charge on any atom is -0.375 e. The second-order valence-electron chi connectivity index (χ2n) is 4.46. The molecule has 0 aliphatic carbocycles. The standard InChI is InChI=1S/C13H12Cl2N6O/c14-10-2-1-9(11(15)7-10)8-22-6-5-16-12-3-4-13-17-19-20-21(13)18-12/h1-4,7H,5-6,8H2,(H,16,18). The van der Waals surface area contributed by atoms with Crippen molar-refractivity contribution in [3.63, 3.8) is 0 Å². The van der Waals surface area contributed by atoms with Crippen molar-refractivity contribution in [2.24, 2.45) is 0 Å². The molecule has 0 radical (unpaired) electrons. The van der Waals surface area contributed by atoms with E-state index in [0.29, 0.717) is 41.3 Å². The van der Waals surface area contributed by atoms with Crippen molar-refractivity contribution in [2.75, 3.05) is 18.5 Å². The van der Waals surface area contributed by atoms with E-state index < -0.39 is 0 Å². The lowest BCUT2D eigenvalue weighted by molar-refractivity contribution is 0.130. The maximum Gasteiger partial charge on any atom is 0.200 e. The Labute approximate surface area is 136 Å². The van der Waals surface area contributed by atoms with E-state index in [4.69, 9.17) is 27.9 Å². The summed E-state index contributed by atoms with van der Waals surface area (Å²) < 4.78 is 6.93. The summed E-state index contributed by atoms with van der Waals surface area (Å²) in [6, 6.07) is 8.93. The molecule has 0 aliphatic heterocycles. The summed E-state index contributed by atoms with van der Waals surface area (Å²) in [6.45, 7) is 1.54. The smallest absolute Gasteiger partial charge is 0.200 e. The first kappa shape index (κ1) is 15.0. The van der Waals surface area contributed by atoms with Gasteiger partial charge in [0.2, 0.25) is 0 Å². The van der Waals surface area contributed by atoms with E-state index in [-0.39, 0.29) is 0 Å². The average molecular weight is 339 g/mol. The Morgan fingerprint density at radius 3 is 2.95 bits per heavy atom. The minimum atomic E-state index is 0.428. The number of tetrazole rings is 1. The molecule has 1 aromatic carbocycles. The van der Waals surface area contributed by atoms with Gasteiger partial charge in [0, 0.05) is 16.6 Å². The van der Waals surface area contributed by atoms with Crippen LogP contribution in [0, 0.1) is 0 Å². The van der Waals surface area contributed by atoms with E-state index in [9.17, 15) is 0 Å². The average Bonchev–Trinajstić information content (AvgIpc) is 2.96. The first-order valence-corrected chi connectivity index (χ1v) is 7.29. The maximum absolute atomic E-state index is 6.07. The van der Waals surface area contributed by atoms with Crippen molar-refractivity contribution in [1.82, 2.24) is 25.3 Å². The molecule has 2 aromatic heterocycles. The number of nitrogens with one attached hydrogen (secondary N) is 1. The number of halogens is 2. The second-order valence-corrected chi connectivity index (χ2v) is 5.30. The fourth-order valence-corrected chi connectivity index (χ4v) is 2.28. The highest BCUT2D eigenvalue weighted by atomic mass is 35.5. The monoisotopic (exact) mass is 338 g/mol. The van der Waals surface area contributed by atoms with Crippen LogP contribution < -0.4 is 5.32 Å². The van der Waals surface area contributed by atoms with Gasteiger partial charge in [-0.2, -0.15) is 0 Å². The fourth-order valence-electron chi connectivity index (χ4n) is 1.82. The van der Waals surface area contributed by atoms with Gasteiger partial charge in [0.15, 0.2) is 5.65 Å². The molecule has 22 heavy (non-hydrogen) atoms. The van der Waals surface area contributed by atoms with E-state index in [1.165, 1.54) is 4.63 Å². The highest BCUT2D eigenvalue weighted by Gasteiger charge is 2.02. The molecule has 2 heterocycles. The van der Waals surface area contributed by atoms with Gasteiger partial charge in [-0.05, 0) is 40.3 Å². The normalized spacial score (nSPS) is 11.0. The zero-order valence-electron chi connectivity index (χ0n) is 11.4. The summed E-state index contributed by atoms with van der Waals surface area (Å²) >= 11 is 11.9. The quantitative estimate of drug-likeness (QED) is 0.695. The summed E-state index contributed by atoms with van der Waals surface area (Å²) in [5, 5.41) is 19.6. The summed E-state index contributed by atoms with van der Waals surface area (Å²) in [5.41, 5.74) is 1.50. The summed E-state index contributed by atoms with van der Waals surface area (Å²) in [7, 11) is 0. The largest absolute Gasteiger partial charge is 0.375 e. The topological polar surface area (TPSA) is 77.2 Å². The summed E-state index contributed by atoms with van der Waals surface area (Å²) in [5.74, 6) is 0.674. The van der Waals surface area contributed by atoms with Gasteiger partial charge in [-0.15, -0.1) is 14.8 Å². The van der Waals surface area contributed by atoms with Crippen LogP contribution in [0.15, 0.2) is 30.3 Å². The molecular weight excluding hydrogens is 327 g/mol. The van der Waals surface area contributed by atoms with Gasteiger partial charge >= 0.3 is 0 Å². The Morgan fingerprint density at radius 1 is 1.18 bits per heavy atom. The number of nitrogens with zero attached hydrogens (tertiary/aromatic N) is 5. The molecule has 114 valence electrons. The first-order chi connectivity index (χ1) is 10.7. The van der Waals surface area contributed by atoms with Crippen LogP contribution in [0.2, 0.25) is 10.0 Å². The van der Waals surface area contributed by atoms with Gasteiger partial charge in [-0.25, -0.2) is 0 Å². The van der Waals surface area contributed by atoms with Crippen LogP contribution >= 0.6 is 23.2 Å². The van der Waals surface area contributed by atoms with E-state index in [1.807, 2.05) is 12.1 Å². The molecule has 1 N–H and O–H groups in total. The van der Waals surface area contributed by atoms with Crippen LogP contribution in [0.1, 0.15) is 5.56 Å². The molecule has 7 nitrogen and oxygen atoms in total. The van der Waals surface area contributed by atoms with Crippen molar-refractivity contribution in [2.45, 2.75) is 6.61 Å². The Kier molecular flexibility index (Phi) is 4.67. The van der Waals surface area contributed by atoms with Crippen LogP contribution in [0.3, 0.4) is 0 Å². The number of aromatic nitrogens is 5. The van der Waals surface area contributed by atoms with Crippen LogP contribution in [0.5, 0.6) is 0 Å². The van der Waals surface area contributed by atoms with Crippen LogP contribution in [-0.2, 0) is 11.3 Å². The van der Waals surface area contributed by atoms with Crippen molar-refractivity contribution in [3.8, 4) is 0 Å². The van der Waals surface area contributed by atoms with Crippen LogP contribution in [0.25, 0.3) is 5.65 Å². The Bertz CT molecular complexity index is 778. The summed E-state index contributed by atoms with van der Waals surface area (Å²) in [4.78, 5) is 0. The van der Waals surface area contributed by atoms with Gasteiger partial charge in [0.25, 0.3) is 0 Å². The van der Waals surface area contributed by atoms with Gasteiger partial charge in [-0.3, -0.25) is 0 Å². The number of anilines is 1. The van der Waals surface area contributed by atoms with Crippen molar-refractivity contribution < 1.29 is 4.74 Å². The Hall–Kier alpha value is -1.96. The van der Waals surface area contributed by atoms with Gasteiger partial charge in [-0.1, -0.05) is 29.3 Å². The van der Waals surface area contributed by atoms with Crippen molar-refractivity contribution >= 4 is 34.7 Å². The molecule has 0 atom stereocenters. The fraction of sp³-hybridized carbons (Fsp3) is 0.231. The molecular formula is C13H12Cl2N6O. The number of hydrogen-bond donors (Lipinski definition) is 1. The zero-order chi connectivity index (χ0) is 15.4. The Balaban J connectivity index is 1.45. The lowest BCUT2D eigenvalue weighted by atomic mass is 10.2. The third-order valence-corrected chi connectivity index (χ3v) is 3.48. The third-order valence-electron chi connectivity index (χ3n) is 2.89. The molecule has 0 spiro atoms. The maximum atomic E-state index is 6.07. The molecule has 3 aromatic rings. The van der Waals surface area contributed by atoms with Gasteiger partial charge < -0.3 is 10.1 Å². The first-order valence-electron chi connectivity index (χ1n) is 6.53. The van der Waals surface area contributed by atoms with Crippen molar-refractivity contribution in [3.05, 3.63) is 45.9 Å². The highest BCUT2D eigenvalue weighted by Crippen LogP contribution is 2.21. The number of rotatable bonds is 6. The van der Waals surface area contributed by atoms with Crippen molar-refractivity contribution in [1.29, 1.82) is 0 Å². The van der Waals surface area contributed by atoms with E-state index in [0.717, 1.165) is 5.56 Å². The third kappa shape index (κ3) is 3.62. The SMILES string of the molecule is Clc1ccc(COCCNc2ccc3nnnn3n2)c(Cl)c1. The Morgan fingerprint density at radius 2 is 2.09 bits per heavy atom. The van der Waals surface area contributed by atoms with Crippen LogP contribution in [0.4, 0.5) is 5.82 Å². The van der Waals surface area contributed by atoms with E-state index in [2.05, 4.69) is 25.9 Å². The molecule has 0 saturated heterocycles. The predicted octanol–water partition coefficient (Wildman–Crippen LogP) is 2.45. The lowest BCUT2D eigenvalue weighted by Crippen LogP contribution is -2.11. The molecule has 3 rings (SSSR count).